The van der Waals surface area contributed by atoms with Gasteiger partial charge in [0.25, 0.3) is 0 Å². The number of piperidine rings is 1. The highest BCUT2D eigenvalue weighted by Crippen LogP contribution is 2.33. The Morgan fingerprint density at radius 1 is 1.43 bits per heavy atom. The van der Waals surface area contributed by atoms with Gasteiger partial charge in [0.2, 0.25) is 10.0 Å². The molecular formula is C14H21BrN2O3S. The summed E-state index contributed by atoms with van der Waals surface area (Å²) in [6, 6.07) is 4.83. The summed E-state index contributed by atoms with van der Waals surface area (Å²) in [6.07, 6.45) is 0.667. The molecule has 0 radical (unpaired) electrons. The molecule has 7 heteroatoms. The molecule has 1 fully saturated rings. The lowest BCUT2D eigenvalue weighted by Gasteiger charge is -2.41. The molecule has 1 unspecified atom stereocenters. The Labute approximate surface area is 134 Å². The van der Waals surface area contributed by atoms with Crippen molar-refractivity contribution in [3.8, 4) is 5.75 Å². The lowest BCUT2D eigenvalue weighted by molar-refractivity contribution is 0.155. The monoisotopic (exact) mass is 376 g/mol. The predicted octanol–water partition coefficient (Wildman–Crippen LogP) is 2.21. The van der Waals surface area contributed by atoms with Gasteiger partial charge in [-0.05, 0) is 39.9 Å². The van der Waals surface area contributed by atoms with Gasteiger partial charge in [-0.25, -0.2) is 8.42 Å². The van der Waals surface area contributed by atoms with E-state index in [1.165, 1.54) is 11.4 Å². The van der Waals surface area contributed by atoms with Gasteiger partial charge in [0.1, 0.15) is 5.75 Å². The minimum atomic E-state index is -3.53. The number of halogens is 1. The van der Waals surface area contributed by atoms with Crippen LogP contribution in [0.3, 0.4) is 0 Å². The Hall–Kier alpha value is -0.630. The van der Waals surface area contributed by atoms with Crippen LogP contribution in [0.5, 0.6) is 5.75 Å². The Morgan fingerprint density at radius 3 is 2.67 bits per heavy atom. The fourth-order valence-corrected chi connectivity index (χ4v) is 4.53. The number of hydrogen-bond acceptors (Lipinski definition) is 4. The highest BCUT2D eigenvalue weighted by atomic mass is 79.9. The quantitative estimate of drug-likeness (QED) is 0.877. The molecule has 1 aromatic carbocycles. The maximum atomic E-state index is 12.8. The number of nitrogens with two attached hydrogens (primary N) is 1. The molecule has 21 heavy (non-hydrogen) atoms. The van der Waals surface area contributed by atoms with Crippen molar-refractivity contribution in [1.82, 2.24) is 4.31 Å². The first-order valence-electron chi connectivity index (χ1n) is 6.78. The maximum absolute atomic E-state index is 12.8. The van der Waals surface area contributed by atoms with Gasteiger partial charge < -0.3 is 10.5 Å². The summed E-state index contributed by atoms with van der Waals surface area (Å²) in [6.45, 7) is 4.88. The van der Waals surface area contributed by atoms with Crippen LogP contribution in [0.2, 0.25) is 0 Å². The zero-order valence-corrected chi connectivity index (χ0v) is 14.9. The summed E-state index contributed by atoms with van der Waals surface area (Å²) in [7, 11) is -2.02. The normalized spacial score (nSPS) is 23.0. The third-order valence-electron chi connectivity index (χ3n) is 4.04. The summed E-state index contributed by atoms with van der Waals surface area (Å²) < 4.78 is 33.0. The molecule has 1 atom stereocenters. The zero-order chi connectivity index (χ0) is 15.8. The van der Waals surface area contributed by atoms with Gasteiger partial charge in [-0.3, -0.25) is 0 Å². The first kappa shape index (κ1) is 16.7. The summed E-state index contributed by atoms with van der Waals surface area (Å²) >= 11 is 3.33. The summed E-state index contributed by atoms with van der Waals surface area (Å²) in [5, 5.41) is 0. The number of hydrogen-bond donors (Lipinski definition) is 1. The molecule has 0 saturated carbocycles. The standard InChI is InChI=1S/C14H21BrN2O3S/c1-14(2)9-17(7-6-13(14)16)21(18,19)10-4-5-11(15)12(8-10)20-3/h4-5,8,13H,6-7,9,16H2,1-3H3. The Morgan fingerprint density at radius 2 is 2.10 bits per heavy atom. The molecule has 2 rings (SSSR count). The number of benzene rings is 1. The Balaban J connectivity index is 2.34. The predicted molar refractivity (Wildman–Crippen MR) is 85.8 cm³/mol. The van der Waals surface area contributed by atoms with Crippen molar-refractivity contribution < 1.29 is 13.2 Å². The van der Waals surface area contributed by atoms with Crippen LogP contribution in [0.25, 0.3) is 0 Å². The highest BCUT2D eigenvalue weighted by Gasteiger charge is 2.38. The fourth-order valence-electron chi connectivity index (χ4n) is 2.48. The topological polar surface area (TPSA) is 72.6 Å². The average molecular weight is 377 g/mol. The van der Waals surface area contributed by atoms with Crippen molar-refractivity contribution in [3.05, 3.63) is 22.7 Å². The SMILES string of the molecule is COc1cc(S(=O)(=O)N2CCC(N)C(C)(C)C2)ccc1Br. The largest absolute Gasteiger partial charge is 0.496 e. The third-order valence-corrected chi connectivity index (χ3v) is 6.53. The number of methoxy groups -OCH3 is 1. The van der Waals surface area contributed by atoms with Gasteiger partial charge in [-0.1, -0.05) is 13.8 Å². The van der Waals surface area contributed by atoms with Crippen LogP contribution < -0.4 is 10.5 Å². The molecule has 1 aromatic rings. The smallest absolute Gasteiger partial charge is 0.243 e. The van der Waals surface area contributed by atoms with E-state index in [2.05, 4.69) is 15.9 Å². The molecule has 118 valence electrons. The maximum Gasteiger partial charge on any atom is 0.243 e. The van der Waals surface area contributed by atoms with Crippen LogP contribution >= 0.6 is 15.9 Å². The van der Waals surface area contributed by atoms with E-state index in [4.69, 9.17) is 10.5 Å². The molecule has 0 amide bonds. The number of rotatable bonds is 3. The van der Waals surface area contributed by atoms with Crippen molar-refractivity contribution >= 4 is 26.0 Å². The van der Waals surface area contributed by atoms with Crippen LogP contribution in [0.1, 0.15) is 20.3 Å². The molecule has 1 heterocycles. The molecule has 2 N–H and O–H groups in total. The van der Waals surface area contributed by atoms with E-state index in [0.29, 0.717) is 25.3 Å². The number of sulfonamides is 1. The molecular weight excluding hydrogens is 356 g/mol. The van der Waals surface area contributed by atoms with E-state index in [0.717, 1.165) is 4.47 Å². The minimum absolute atomic E-state index is 0.0170. The summed E-state index contributed by atoms with van der Waals surface area (Å²) in [4.78, 5) is 0.244. The molecule has 1 saturated heterocycles. The van der Waals surface area contributed by atoms with Gasteiger partial charge in [0, 0.05) is 25.2 Å². The van der Waals surface area contributed by atoms with Gasteiger partial charge in [-0.15, -0.1) is 0 Å². The van der Waals surface area contributed by atoms with Crippen molar-refractivity contribution in [2.24, 2.45) is 11.1 Å². The van der Waals surface area contributed by atoms with E-state index in [1.54, 1.807) is 18.2 Å². The third kappa shape index (κ3) is 3.26. The Bertz CT molecular complexity index is 631. The summed E-state index contributed by atoms with van der Waals surface area (Å²) in [5.41, 5.74) is 5.84. The van der Waals surface area contributed by atoms with Crippen LogP contribution in [0, 0.1) is 5.41 Å². The average Bonchev–Trinajstić information content (AvgIpc) is 2.42. The first-order valence-corrected chi connectivity index (χ1v) is 9.01. The molecule has 0 aromatic heterocycles. The second-order valence-electron chi connectivity index (χ2n) is 6.02. The van der Waals surface area contributed by atoms with Gasteiger partial charge in [-0.2, -0.15) is 4.31 Å². The Kier molecular flexibility index (Phi) is 4.68. The molecule has 0 bridgehead atoms. The van der Waals surface area contributed by atoms with E-state index < -0.39 is 10.0 Å². The van der Waals surface area contributed by atoms with Crippen molar-refractivity contribution in [2.45, 2.75) is 31.2 Å². The van der Waals surface area contributed by atoms with Crippen molar-refractivity contribution in [2.75, 3.05) is 20.2 Å². The van der Waals surface area contributed by atoms with Crippen LogP contribution in [0.15, 0.2) is 27.6 Å². The summed E-state index contributed by atoms with van der Waals surface area (Å²) in [5.74, 6) is 0.504. The van der Waals surface area contributed by atoms with E-state index in [9.17, 15) is 8.42 Å². The van der Waals surface area contributed by atoms with Gasteiger partial charge in [0.05, 0.1) is 16.5 Å². The second-order valence-corrected chi connectivity index (χ2v) is 8.81. The van der Waals surface area contributed by atoms with Gasteiger partial charge in [0.15, 0.2) is 0 Å². The second kappa shape index (κ2) is 5.87. The number of nitrogens with zero attached hydrogens (tertiary/aromatic N) is 1. The van der Waals surface area contributed by atoms with Gasteiger partial charge >= 0.3 is 0 Å². The van der Waals surface area contributed by atoms with E-state index in [-0.39, 0.29) is 16.4 Å². The molecule has 0 spiro atoms. The van der Waals surface area contributed by atoms with Crippen molar-refractivity contribution in [3.63, 3.8) is 0 Å². The molecule has 5 nitrogen and oxygen atoms in total. The molecule has 0 aliphatic carbocycles. The lowest BCUT2D eigenvalue weighted by atomic mass is 9.81. The minimum Gasteiger partial charge on any atom is -0.496 e. The molecule has 1 aliphatic heterocycles. The fraction of sp³-hybridized carbons (Fsp3) is 0.571. The molecule has 1 aliphatic rings. The van der Waals surface area contributed by atoms with E-state index in [1.807, 2.05) is 13.8 Å². The van der Waals surface area contributed by atoms with Crippen molar-refractivity contribution in [1.29, 1.82) is 0 Å². The van der Waals surface area contributed by atoms with Crippen LogP contribution in [-0.4, -0.2) is 39.0 Å². The van der Waals surface area contributed by atoms with Crippen LogP contribution in [0.4, 0.5) is 0 Å². The first-order chi connectivity index (χ1) is 9.68. The zero-order valence-electron chi connectivity index (χ0n) is 12.5. The highest BCUT2D eigenvalue weighted by molar-refractivity contribution is 9.10. The van der Waals surface area contributed by atoms with Crippen LogP contribution in [-0.2, 0) is 10.0 Å². The van der Waals surface area contributed by atoms with E-state index >= 15 is 0 Å². The lowest BCUT2D eigenvalue weighted by Crippen LogP contribution is -2.53. The number of ether oxygens (including phenoxy) is 1.